The average Bonchev–Trinajstić information content (AvgIpc) is 3.17. The number of hydrogen-bond acceptors (Lipinski definition) is 4. The average molecular weight is 328 g/mol. The van der Waals surface area contributed by atoms with Gasteiger partial charge in [-0.3, -0.25) is 0 Å². The van der Waals surface area contributed by atoms with E-state index in [2.05, 4.69) is 63.5 Å². The molecule has 0 aliphatic carbocycles. The second-order valence-electron chi connectivity index (χ2n) is 5.52. The summed E-state index contributed by atoms with van der Waals surface area (Å²) >= 11 is 8.09. The van der Waals surface area contributed by atoms with Crippen LogP contribution >= 0.6 is 22.9 Å². The van der Waals surface area contributed by atoms with Crippen molar-refractivity contribution in [3.63, 3.8) is 0 Å². The molecule has 1 aromatic carbocycles. The van der Waals surface area contributed by atoms with Crippen LogP contribution in [-0.4, -0.2) is 10.7 Å². The van der Waals surface area contributed by atoms with Crippen LogP contribution < -0.4 is 5.43 Å². The Morgan fingerprint density at radius 1 is 1.27 bits per heavy atom. The van der Waals surface area contributed by atoms with Gasteiger partial charge in [0.05, 0.1) is 17.3 Å². The number of thiophene rings is 1. The number of hydrazone groups is 1. The van der Waals surface area contributed by atoms with Crippen LogP contribution in [0.2, 0.25) is 5.15 Å². The van der Waals surface area contributed by atoms with Crippen molar-refractivity contribution in [2.75, 3.05) is 0 Å². The number of hydrogen-bond donors (Lipinski definition) is 1. The van der Waals surface area contributed by atoms with Crippen molar-refractivity contribution in [2.24, 2.45) is 5.10 Å². The Bertz CT molecular complexity index is 871. The lowest BCUT2D eigenvalue weighted by Crippen LogP contribution is -2.11. The summed E-state index contributed by atoms with van der Waals surface area (Å²) in [6.45, 7) is 2.06. The summed E-state index contributed by atoms with van der Waals surface area (Å²) in [5, 5.41) is 10.3. The molecular formula is C17H14ClN3S. The highest BCUT2D eigenvalue weighted by Gasteiger charge is 2.24. The first kappa shape index (κ1) is 13.7. The van der Waals surface area contributed by atoms with Crippen molar-refractivity contribution < 1.29 is 0 Å². The van der Waals surface area contributed by atoms with Gasteiger partial charge in [0.2, 0.25) is 0 Å². The molecule has 2 aromatic heterocycles. The Balaban J connectivity index is 1.68. The first-order valence-electron chi connectivity index (χ1n) is 7.12. The Morgan fingerprint density at radius 3 is 3.00 bits per heavy atom. The molecule has 1 atom stereocenters. The largest absolute Gasteiger partial charge is 0.302 e. The zero-order chi connectivity index (χ0) is 15.1. The molecule has 1 aliphatic heterocycles. The fourth-order valence-electron chi connectivity index (χ4n) is 2.75. The molecule has 3 aromatic rings. The van der Waals surface area contributed by atoms with Gasteiger partial charge in [-0.1, -0.05) is 23.7 Å². The standard InChI is InChI=1S/C17H14ClN3S/c1-10-2-3-11-7-13(17(18)19-14(11)6-10)16-8-15(20-21-16)12-4-5-22-9-12/h2-7,9,16,21H,8H2,1H3. The maximum Gasteiger partial charge on any atom is 0.135 e. The minimum Gasteiger partial charge on any atom is -0.302 e. The minimum atomic E-state index is 0.0839. The zero-order valence-electron chi connectivity index (χ0n) is 12.0. The van der Waals surface area contributed by atoms with Gasteiger partial charge in [-0.05, 0) is 41.4 Å². The van der Waals surface area contributed by atoms with Crippen molar-refractivity contribution >= 4 is 39.6 Å². The van der Waals surface area contributed by atoms with Crippen LogP contribution in [-0.2, 0) is 0 Å². The summed E-state index contributed by atoms with van der Waals surface area (Å²) in [5.41, 5.74) is 8.58. The molecule has 3 heterocycles. The summed E-state index contributed by atoms with van der Waals surface area (Å²) < 4.78 is 0. The van der Waals surface area contributed by atoms with E-state index in [1.807, 2.05) is 0 Å². The van der Waals surface area contributed by atoms with Crippen LogP contribution in [0.1, 0.15) is 29.2 Å². The Labute approximate surface area is 137 Å². The molecule has 0 saturated heterocycles. The highest BCUT2D eigenvalue weighted by molar-refractivity contribution is 7.08. The minimum absolute atomic E-state index is 0.0839. The van der Waals surface area contributed by atoms with E-state index in [1.165, 1.54) is 11.1 Å². The first-order chi connectivity index (χ1) is 10.7. The van der Waals surface area contributed by atoms with Crippen LogP contribution in [0.5, 0.6) is 0 Å². The van der Waals surface area contributed by atoms with Gasteiger partial charge in [-0.25, -0.2) is 4.98 Å². The summed E-state index contributed by atoms with van der Waals surface area (Å²) in [6, 6.07) is 10.5. The molecular weight excluding hydrogens is 314 g/mol. The van der Waals surface area contributed by atoms with Gasteiger partial charge in [0.15, 0.2) is 0 Å². The van der Waals surface area contributed by atoms with Crippen molar-refractivity contribution in [1.29, 1.82) is 0 Å². The van der Waals surface area contributed by atoms with Gasteiger partial charge in [-0.2, -0.15) is 16.4 Å². The third kappa shape index (κ3) is 2.38. The fraction of sp³-hybridized carbons (Fsp3) is 0.176. The SMILES string of the molecule is Cc1ccc2cc(C3CC(c4ccsc4)=NN3)c(Cl)nc2c1. The molecule has 3 nitrogen and oxygen atoms in total. The lowest BCUT2D eigenvalue weighted by Gasteiger charge is -2.13. The number of aromatic nitrogens is 1. The van der Waals surface area contributed by atoms with Gasteiger partial charge < -0.3 is 5.43 Å². The quantitative estimate of drug-likeness (QED) is 0.693. The van der Waals surface area contributed by atoms with Gasteiger partial charge >= 0.3 is 0 Å². The number of fused-ring (bicyclic) bond motifs is 1. The number of benzene rings is 1. The van der Waals surface area contributed by atoms with E-state index < -0.39 is 0 Å². The van der Waals surface area contributed by atoms with Gasteiger partial charge in [-0.15, -0.1) is 0 Å². The van der Waals surface area contributed by atoms with E-state index in [-0.39, 0.29) is 6.04 Å². The van der Waals surface area contributed by atoms with E-state index in [0.717, 1.165) is 28.6 Å². The van der Waals surface area contributed by atoms with Crippen LogP contribution in [0.25, 0.3) is 10.9 Å². The van der Waals surface area contributed by atoms with Gasteiger partial charge in [0.25, 0.3) is 0 Å². The van der Waals surface area contributed by atoms with E-state index >= 15 is 0 Å². The van der Waals surface area contributed by atoms with Gasteiger partial charge in [0.1, 0.15) is 5.15 Å². The van der Waals surface area contributed by atoms with Crippen LogP contribution in [0.4, 0.5) is 0 Å². The highest BCUT2D eigenvalue weighted by Crippen LogP contribution is 2.31. The molecule has 0 bridgehead atoms. The Hall–Kier alpha value is -1.91. The molecule has 0 amide bonds. The highest BCUT2D eigenvalue weighted by atomic mass is 35.5. The van der Waals surface area contributed by atoms with E-state index in [0.29, 0.717) is 5.15 Å². The van der Waals surface area contributed by atoms with Crippen LogP contribution in [0, 0.1) is 6.92 Å². The number of nitrogens with zero attached hydrogens (tertiary/aromatic N) is 2. The number of nitrogens with one attached hydrogen (secondary N) is 1. The zero-order valence-corrected chi connectivity index (χ0v) is 13.6. The fourth-order valence-corrected chi connectivity index (χ4v) is 3.69. The Morgan fingerprint density at radius 2 is 2.18 bits per heavy atom. The van der Waals surface area contributed by atoms with Crippen LogP contribution in [0.15, 0.2) is 46.2 Å². The summed E-state index contributed by atoms with van der Waals surface area (Å²) in [6.07, 6.45) is 0.829. The Kier molecular flexibility index (Phi) is 3.36. The molecule has 0 spiro atoms. The predicted molar refractivity (Wildman–Crippen MR) is 92.8 cm³/mol. The number of aryl methyl sites for hydroxylation is 1. The van der Waals surface area contributed by atoms with Crippen molar-refractivity contribution in [1.82, 2.24) is 10.4 Å². The van der Waals surface area contributed by atoms with Crippen molar-refractivity contribution in [2.45, 2.75) is 19.4 Å². The molecule has 0 saturated carbocycles. The normalized spacial score (nSPS) is 17.5. The number of halogens is 1. The maximum atomic E-state index is 6.41. The van der Waals surface area contributed by atoms with E-state index in [1.54, 1.807) is 11.3 Å². The molecule has 4 rings (SSSR count). The van der Waals surface area contributed by atoms with Crippen LogP contribution in [0.3, 0.4) is 0 Å². The summed E-state index contributed by atoms with van der Waals surface area (Å²) in [7, 11) is 0. The lowest BCUT2D eigenvalue weighted by molar-refractivity contribution is 0.619. The smallest absolute Gasteiger partial charge is 0.135 e. The lowest BCUT2D eigenvalue weighted by atomic mass is 10.00. The summed E-state index contributed by atoms with van der Waals surface area (Å²) in [4.78, 5) is 4.55. The third-order valence-corrected chi connectivity index (χ3v) is 4.92. The van der Waals surface area contributed by atoms with E-state index in [9.17, 15) is 0 Å². The van der Waals surface area contributed by atoms with Gasteiger partial charge in [0, 0.05) is 22.9 Å². The van der Waals surface area contributed by atoms with E-state index in [4.69, 9.17) is 11.6 Å². The predicted octanol–water partition coefficient (Wildman–Crippen LogP) is 4.70. The molecule has 22 heavy (non-hydrogen) atoms. The molecule has 110 valence electrons. The molecule has 1 unspecified atom stereocenters. The maximum absolute atomic E-state index is 6.41. The monoisotopic (exact) mass is 327 g/mol. The second kappa shape index (κ2) is 5.38. The molecule has 0 radical (unpaired) electrons. The second-order valence-corrected chi connectivity index (χ2v) is 6.66. The molecule has 0 fully saturated rings. The molecule has 1 N–H and O–H groups in total. The summed E-state index contributed by atoms with van der Waals surface area (Å²) in [5.74, 6) is 0. The first-order valence-corrected chi connectivity index (χ1v) is 8.44. The van der Waals surface area contributed by atoms with Crippen molar-refractivity contribution in [3.8, 4) is 0 Å². The third-order valence-electron chi connectivity index (χ3n) is 3.94. The number of rotatable bonds is 2. The molecule has 5 heteroatoms. The van der Waals surface area contributed by atoms with Crippen molar-refractivity contribution in [3.05, 3.63) is 62.9 Å². The topological polar surface area (TPSA) is 37.3 Å². The number of pyridine rings is 1. The molecule has 1 aliphatic rings.